The third kappa shape index (κ3) is 5.19. The van der Waals surface area contributed by atoms with Gasteiger partial charge in [-0.3, -0.25) is 9.69 Å². The molecule has 5 rings (SSSR count). The van der Waals surface area contributed by atoms with Crippen molar-refractivity contribution in [1.29, 1.82) is 0 Å². The van der Waals surface area contributed by atoms with Gasteiger partial charge in [0.1, 0.15) is 12.4 Å². The van der Waals surface area contributed by atoms with Gasteiger partial charge in [0.2, 0.25) is 0 Å². The van der Waals surface area contributed by atoms with E-state index >= 15 is 0 Å². The number of aliphatic carboxylic acids is 1. The molecule has 3 aromatic rings. The highest BCUT2D eigenvalue weighted by molar-refractivity contribution is 5.85. The minimum atomic E-state index is -0.675. The number of carboxylic acids is 1. The summed E-state index contributed by atoms with van der Waals surface area (Å²) in [4.78, 5) is 13.3. The van der Waals surface area contributed by atoms with E-state index in [0.29, 0.717) is 19.7 Å². The largest absolute Gasteiger partial charge is 0.489 e. The Morgan fingerprint density at radius 3 is 2.38 bits per heavy atom. The van der Waals surface area contributed by atoms with Crippen molar-refractivity contribution in [2.75, 3.05) is 19.6 Å². The molecular formula is C29H30ClNO3. The summed E-state index contributed by atoms with van der Waals surface area (Å²) in [5.41, 5.74) is 8.98. The molecule has 0 aromatic heterocycles. The summed E-state index contributed by atoms with van der Waals surface area (Å²) in [6, 6.07) is 25.4. The van der Waals surface area contributed by atoms with E-state index in [0.717, 1.165) is 30.7 Å². The zero-order valence-electron chi connectivity index (χ0n) is 19.4. The molecule has 1 N–H and O–H groups in total. The quantitative estimate of drug-likeness (QED) is 0.449. The molecule has 0 atom stereocenters. The molecule has 2 aliphatic rings. The second-order valence-electron chi connectivity index (χ2n) is 9.13. The SMILES string of the molecule is CC1=C(CN2CC(C(=O)O)C2)CCc2cc(OCc3ccc(-c4ccccc4)cc3)ccc21.Cl. The van der Waals surface area contributed by atoms with Crippen LogP contribution in [0.4, 0.5) is 0 Å². The molecule has 176 valence electrons. The second kappa shape index (κ2) is 10.5. The predicted octanol–water partition coefficient (Wildman–Crippen LogP) is 6.09. The highest BCUT2D eigenvalue weighted by Gasteiger charge is 2.33. The van der Waals surface area contributed by atoms with Crippen LogP contribution >= 0.6 is 12.4 Å². The minimum Gasteiger partial charge on any atom is -0.489 e. The molecule has 0 bridgehead atoms. The Labute approximate surface area is 207 Å². The van der Waals surface area contributed by atoms with Crippen molar-refractivity contribution in [2.24, 2.45) is 5.92 Å². The van der Waals surface area contributed by atoms with Crippen molar-refractivity contribution in [3.05, 3.63) is 95.1 Å². The highest BCUT2D eigenvalue weighted by atomic mass is 35.5. The topological polar surface area (TPSA) is 49.8 Å². The number of ether oxygens (including phenoxy) is 1. The summed E-state index contributed by atoms with van der Waals surface area (Å²) < 4.78 is 6.11. The van der Waals surface area contributed by atoms with Crippen molar-refractivity contribution >= 4 is 23.9 Å². The maximum absolute atomic E-state index is 11.0. The van der Waals surface area contributed by atoms with Gasteiger partial charge in [0.15, 0.2) is 0 Å². The number of fused-ring (bicyclic) bond motifs is 1. The molecule has 1 heterocycles. The third-order valence-electron chi connectivity index (χ3n) is 6.89. The minimum absolute atomic E-state index is 0. The Bertz CT molecular complexity index is 1180. The van der Waals surface area contributed by atoms with E-state index in [4.69, 9.17) is 9.84 Å². The van der Waals surface area contributed by atoms with Gasteiger partial charge in [0.05, 0.1) is 5.92 Å². The Kier molecular flexibility index (Phi) is 7.40. The fourth-order valence-electron chi connectivity index (χ4n) is 4.81. The zero-order valence-corrected chi connectivity index (χ0v) is 20.2. The number of halogens is 1. The van der Waals surface area contributed by atoms with Crippen molar-refractivity contribution in [1.82, 2.24) is 4.90 Å². The number of hydrogen-bond acceptors (Lipinski definition) is 3. The van der Waals surface area contributed by atoms with Crippen LogP contribution in [-0.2, 0) is 17.8 Å². The number of allylic oxidation sites excluding steroid dienone is 1. The lowest BCUT2D eigenvalue weighted by atomic mass is 9.85. The lowest BCUT2D eigenvalue weighted by Crippen LogP contribution is -2.50. The van der Waals surface area contributed by atoms with Crippen molar-refractivity contribution in [3.8, 4) is 16.9 Å². The van der Waals surface area contributed by atoms with Gasteiger partial charge in [-0.2, -0.15) is 0 Å². The van der Waals surface area contributed by atoms with Crippen LogP contribution in [0.15, 0.2) is 78.4 Å². The molecule has 0 saturated carbocycles. The van der Waals surface area contributed by atoms with E-state index in [9.17, 15) is 4.79 Å². The molecule has 1 aliphatic carbocycles. The van der Waals surface area contributed by atoms with Gasteiger partial charge >= 0.3 is 5.97 Å². The molecule has 0 unspecified atom stereocenters. The first-order chi connectivity index (χ1) is 16.1. The van der Waals surface area contributed by atoms with Crippen LogP contribution in [-0.4, -0.2) is 35.6 Å². The monoisotopic (exact) mass is 475 g/mol. The summed E-state index contributed by atoms with van der Waals surface area (Å²) in [6.45, 7) is 4.95. The second-order valence-corrected chi connectivity index (χ2v) is 9.13. The molecule has 1 fully saturated rings. The molecule has 5 heteroatoms. The number of nitrogens with zero attached hydrogens (tertiary/aromatic N) is 1. The highest BCUT2D eigenvalue weighted by Crippen LogP contribution is 2.34. The standard InChI is InChI=1S/C29H29NO3.ClH/c1-20-25(16-30-17-26(18-30)29(31)32)12-11-24-15-27(13-14-28(20)24)33-19-21-7-9-23(10-8-21)22-5-3-2-4-6-22;/h2-10,13-15,26H,11-12,16-19H2,1H3,(H,31,32);1H. The van der Waals surface area contributed by atoms with Crippen molar-refractivity contribution < 1.29 is 14.6 Å². The maximum atomic E-state index is 11.0. The lowest BCUT2D eigenvalue weighted by molar-refractivity contribution is -0.147. The average molecular weight is 476 g/mol. The fourth-order valence-corrected chi connectivity index (χ4v) is 4.81. The van der Waals surface area contributed by atoms with Crippen molar-refractivity contribution in [2.45, 2.75) is 26.4 Å². The number of carbonyl (C=O) groups is 1. The number of hydrogen-bond donors (Lipinski definition) is 1. The van der Waals surface area contributed by atoms with Crippen LogP contribution in [0.5, 0.6) is 5.75 Å². The number of benzene rings is 3. The Morgan fingerprint density at radius 2 is 1.68 bits per heavy atom. The van der Waals surface area contributed by atoms with E-state index in [1.54, 1.807) is 0 Å². The summed E-state index contributed by atoms with van der Waals surface area (Å²) in [7, 11) is 0. The summed E-state index contributed by atoms with van der Waals surface area (Å²) in [5, 5.41) is 9.09. The van der Waals surface area contributed by atoms with Gasteiger partial charge in [0, 0.05) is 19.6 Å². The summed E-state index contributed by atoms with van der Waals surface area (Å²) in [5.74, 6) is 0.0332. The van der Waals surface area contributed by atoms with E-state index in [-0.39, 0.29) is 18.3 Å². The van der Waals surface area contributed by atoms with Gasteiger partial charge in [-0.05, 0) is 65.3 Å². The van der Waals surface area contributed by atoms with Crippen LogP contribution in [0, 0.1) is 5.92 Å². The number of likely N-dealkylation sites (tertiary alicyclic amines) is 1. The van der Waals surface area contributed by atoms with Gasteiger partial charge in [0.25, 0.3) is 0 Å². The molecule has 0 amide bonds. The first-order valence-electron chi connectivity index (χ1n) is 11.6. The lowest BCUT2D eigenvalue weighted by Gasteiger charge is -2.38. The van der Waals surface area contributed by atoms with Crippen LogP contribution in [0.2, 0.25) is 0 Å². The third-order valence-corrected chi connectivity index (χ3v) is 6.89. The normalized spacial score (nSPS) is 15.8. The summed E-state index contributed by atoms with van der Waals surface area (Å²) in [6.07, 6.45) is 2.03. The number of carboxylic acid groups (broad SMARTS) is 1. The Morgan fingerprint density at radius 1 is 0.971 bits per heavy atom. The number of rotatable bonds is 7. The molecule has 34 heavy (non-hydrogen) atoms. The zero-order chi connectivity index (χ0) is 22.8. The van der Waals surface area contributed by atoms with E-state index in [2.05, 4.69) is 78.6 Å². The molecule has 4 nitrogen and oxygen atoms in total. The fraction of sp³-hybridized carbons (Fsp3) is 0.276. The van der Waals surface area contributed by atoms with Crippen LogP contribution in [0.25, 0.3) is 16.7 Å². The van der Waals surface area contributed by atoms with Gasteiger partial charge in [-0.15, -0.1) is 12.4 Å². The maximum Gasteiger partial charge on any atom is 0.309 e. The van der Waals surface area contributed by atoms with Crippen LogP contribution < -0.4 is 4.74 Å². The first-order valence-corrected chi connectivity index (χ1v) is 11.6. The molecule has 1 saturated heterocycles. The number of aryl methyl sites for hydroxylation is 1. The molecule has 0 radical (unpaired) electrons. The van der Waals surface area contributed by atoms with Gasteiger partial charge in [-0.1, -0.05) is 66.2 Å². The summed E-state index contributed by atoms with van der Waals surface area (Å²) >= 11 is 0. The Balaban J connectivity index is 0.00000274. The van der Waals surface area contributed by atoms with E-state index in [1.807, 2.05) is 6.07 Å². The molecule has 0 spiro atoms. The first kappa shape index (κ1) is 24.1. The molecule has 1 aliphatic heterocycles. The molecule has 3 aromatic carbocycles. The van der Waals surface area contributed by atoms with Crippen LogP contribution in [0.3, 0.4) is 0 Å². The molecular weight excluding hydrogens is 446 g/mol. The smallest absolute Gasteiger partial charge is 0.309 e. The Hall–Kier alpha value is -3.08. The van der Waals surface area contributed by atoms with E-state index in [1.165, 1.54) is 33.4 Å². The van der Waals surface area contributed by atoms with Crippen LogP contribution in [0.1, 0.15) is 30.0 Å². The van der Waals surface area contributed by atoms with Crippen molar-refractivity contribution in [3.63, 3.8) is 0 Å². The van der Waals surface area contributed by atoms with Gasteiger partial charge in [-0.25, -0.2) is 0 Å². The van der Waals surface area contributed by atoms with Gasteiger partial charge < -0.3 is 9.84 Å². The van der Waals surface area contributed by atoms with E-state index < -0.39 is 5.97 Å². The predicted molar refractivity (Wildman–Crippen MR) is 138 cm³/mol. The average Bonchev–Trinajstić information content (AvgIpc) is 2.81.